The molecule has 0 bridgehead atoms. The summed E-state index contributed by atoms with van der Waals surface area (Å²) in [6.45, 7) is 2.73. The van der Waals surface area contributed by atoms with Crippen molar-refractivity contribution in [3.05, 3.63) is 30.3 Å². The van der Waals surface area contributed by atoms with Crippen LogP contribution in [0.1, 0.15) is 64.7 Å². The Hall–Kier alpha value is -1.31. The molecule has 0 atom stereocenters. The number of hydrogen-bond acceptors (Lipinski definition) is 2. The molecule has 2 heteroatoms. The van der Waals surface area contributed by atoms with E-state index < -0.39 is 0 Å². The summed E-state index contributed by atoms with van der Waals surface area (Å²) >= 11 is 0. The lowest BCUT2D eigenvalue weighted by atomic mass is 10.1. The second kappa shape index (κ2) is 11.5. The Morgan fingerprint density at radius 1 is 0.900 bits per heavy atom. The van der Waals surface area contributed by atoms with Crippen molar-refractivity contribution < 1.29 is 9.53 Å². The molecule has 2 nitrogen and oxygen atoms in total. The molecule has 0 spiro atoms. The molecule has 0 fully saturated rings. The standard InChI is InChI=1S/C18H28O2/c1-2-3-4-5-6-7-9-12-17(19)15-16-20-18-13-10-8-11-14-18/h8,10-11,13-14H,2-7,9,12,15-16H2,1H3. The van der Waals surface area contributed by atoms with Crippen LogP contribution in [0, 0.1) is 0 Å². The van der Waals surface area contributed by atoms with Crippen LogP contribution in [-0.2, 0) is 4.79 Å². The first-order valence-electron chi connectivity index (χ1n) is 8.02. The highest BCUT2D eigenvalue weighted by molar-refractivity contribution is 5.78. The van der Waals surface area contributed by atoms with Crippen molar-refractivity contribution in [2.45, 2.75) is 64.7 Å². The van der Waals surface area contributed by atoms with Crippen LogP contribution in [0.25, 0.3) is 0 Å². The topological polar surface area (TPSA) is 26.3 Å². The monoisotopic (exact) mass is 276 g/mol. The fraction of sp³-hybridized carbons (Fsp3) is 0.611. The van der Waals surface area contributed by atoms with Gasteiger partial charge in [-0.25, -0.2) is 0 Å². The molecule has 0 saturated heterocycles. The van der Waals surface area contributed by atoms with E-state index in [4.69, 9.17) is 4.74 Å². The first-order valence-corrected chi connectivity index (χ1v) is 8.02. The molecule has 0 aromatic heterocycles. The third kappa shape index (κ3) is 8.73. The fourth-order valence-corrected chi connectivity index (χ4v) is 2.20. The molecule has 0 aliphatic rings. The second-order valence-electron chi connectivity index (χ2n) is 5.32. The lowest BCUT2D eigenvalue weighted by molar-refractivity contribution is -0.119. The van der Waals surface area contributed by atoms with Gasteiger partial charge in [-0.15, -0.1) is 0 Å². The fourth-order valence-electron chi connectivity index (χ4n) is 2.20. The summed E-state index contributed by atoms with van der Waals surface area (Å²) in [4.78, 5) is 11.7. The van der Waals surface area contributed by atoms with Gasteiger partial charge in [0.1, 0.15) is 11.5 Å². The van der Waals surface area contributed by atoms with Gasteiger partial charge in [0.15, 0.2) is 0 Å². The third-order valence-electron chi connectivity index (χ3n) is 3.45. The smallest absolute Gasteiger partial charge is 0.136 e. The van der Waals surface area contributed by atoms with E-state index in [1.165, 1.54) is 38.5 Å². The van der Waals surface area contributed by atoms with Crippen LogP contribution >= 0.6 is 0 Å². The molecular weight excluding hydrogens is 248 g/mol. The number of Topliss-reactive ketones (excluding diaryl/α,β-unsaturated/α-hetero) is 1. The summed E-state index contributed by atoms with van der Waals surface area (Å²) in [6.07, 6.45) is 10.0. The third-order valence-corrected chi connectivity index (χ3v) is 3.45. The van der Waals surface area contributed by atoms with Gasteiger partial charge in [0.2, 0.25) is 0 Å². The maximum atomic E-state index is 11.7. The Labute approximate surface area is 123 Å². The molecule has 0 aliphatic heterocycles. The van der Waals surface area contributed by atoms with Gasteiger partial charge in [-0.2, -0.15) is 0 Å². The molecule has 0 radical (unpaired) electrons. The Morgan fingerprint density at radius 3 is 2.25 bits per heavy atom. The van der Waals surface area contributed by atoms with Crippen LogP contribution in [0.15, 0.2) is 30.3 Å². The normalized spacial score (nSPS) is 10.4. The minimum absolute atomic E-state index is 0.328. The van der Waals surface area contributed by atoms with Gasteiger partial charge in [-0.1, -0.05) is 63.6 Å². The summed E-state index contributed by atoms with van der Waals surface area (Å²) in [7, 11) is 0. The molecular formula is C18H28O2. The van der Waals surface area contributed by atoms with Crippen molar-refractivity contribution in [3.63, 3.8) is 0 Å². The van der Waals surface area contributed by atoms with E-state index in [0.29, 0.717) is 25.2 Å². The van der Waals surface area contributed by atoms with Crippen molar-refractivity contribution in [3.8, 4) is 5.75 Å². The maximum absolute atomic E-state index is 11.7. The van der Waals surface area contributed by atoms with Gasteiger partial charge >= 0.3 is 0 Å². The van der Waals surface area contributed by atoms with Crippen molar-refractivity contribution in [2.75, 3.05) is 6.61 Å². The average Bonchev–Trinajstić information content (AvgIpc) is 2.47. The molecule has 0 saturated carbocycles. The predicted molar refractivity (Wildman–Crippen MR) is 84.2 cm³/mol. The molecule has 0 heterocycles. The number of ether oxygens (including phenoxy) is 1. The molecule has 1 rings (SSSR count). The van der Waals surface area contributed by atoms with Crippen molar-refractivity contribution in [1.29, 1.82) is 0 Å². The number of carbonyl (C=O) groups is 1. The zero-order valence-electron chi connectivity index (χ0n) is 12.8. The van der Waals surface area contributed by atoms with Crippen molar-refractivity contribution in [2.24, 2.45) is 0 Å². The second-order valence-corrected chi connectivity index (χ2v) is 5.32. The van der Waals surface area contributed by atoms with Gasteiger partial charge in [-0.05, 0) is 18.6 Å². The molecule has 0 unspecified atom stereocenters. The minimum Gasteiger partial charge on any atom is -0.493 e. The lowest BCUT2D eigenvalue weighted by Crippen LogP contribution is -2.06. The highest BCUT2D eigenvalue weighted by atomic mass is 16.5. The van der Waals surface area contributed by atoms with Gasteiger partial charge in [-0.3, -0.25) is 4.79 Å². The minimum atomic E-state index is 0.328. The van der Waals surface area contributed by atoms with E-state index in [1.54, 1.807) is 0 Å². The van der Waals surface area contributed by atoms with Crippen LogP contribution in [0.2, 0.25) is 0 Å². The molecule has 0 aliphatic carbocycles. The number of hydrogen-bond donors (Lipinski definition) is 0. The number of ketones is 1. The zero-order valence-corrected chi connectivity index (χ0v) is 12.8. The van der Waals surface area contributed by atoms with Crippen LogP contribution in [0.3, 0.4) is 0 Å². The Kier molecular flexibility index (Phi) is 9.64. The Morgan fingerprint density at radius 2 is 1.55 bits per heavy atom. The summed E-state index contributed by atoms with van der Waals surface area (Å²) in [5.74, 6) is 1.17. The van der Waals surface area contributed by atoms with E-state index in [9.17, 15) is 4.79 Å². The van der Waals surface area contributed by atoms with E-state index in [2.05, 4.69) is 6.92 Å². The zero-order chi connectivity index (χ0) is 14.5. The SMILES string of the molecule is CCCCCCCCCC(=O)CCOc1ccccc1. The highest BCUT2D eigenvalue weighted by Gasteiger charge is 2.02. The largest absolute Gasteiger partial charge is 0.493 e. The number of rotatable bonds is 12. The Balaban J connectivity index is 1.93. The van der Waals surface area contributed by atoms with Gasteiger partial charge in [0, 0.05) is 12.8 Å². The quantitative estimate of drug-likeness (QED) is 0.493. The van der Waals surface area contributed by atoms with E-state index in [0.717, 1.165) is 12.2 Å². The Bertz CT molecular complexity index is 346. The summed E-state index contributed by atoms with van der Waals surface area (Å²) < 4.78 is 5.53. The predicted octanol–water partition coefficient (Wildman–Crippen LogP) is 5.17. The van der Waals surface area contributed by atoms with Crippen molar-refractivity contribution in [1.82, 2.24) is 0 Å². The van der Waals surface area contributed by atoms with Crippen LogP contribution < -0.4 is 4.74 Å². The average molecular weight is 276 g/mol. The molecule has 1 aromatic rings. The molecule has 0 N–H and O–H groups in total. The first kappa shape index (κ1) is 16.7. The maximum Gasteiger partial charge on any atom is 0.136 e. The summed E-state index contributed by atoms with van der Waals surface area (Å²) in [6, 6.07) is 9.67. The van der Waals surface area contributed by atoms with E-state index >= 15 is 0 Å². The van der Waals surface area contributed by atoms with E-state index in [1.807, 2.05) is 30.3 Å². The number of carbonyl (C=O) groups excluding carboxylic acids is 1. The highest BCUT2D eigenvalue weighted by Crippen LogP contribution is 2.11. The summed E-state index contributed by atoms with van der Waals surface area (Å²) in [5.41, 5.74) is 0. The molecule has 20 heavy (non-hydrogen) atoms. The first-order chi connectivity index (χ1) is 9.83. The molecule has 112 valence electrons. The molecule has 1 aromatic carbocycles. The molecule has 0 amide bonds. The van der Waals surface area contributed by atoms with Crippen LogP contribution in [0.4, 0.5) is 0 Å². The number of para-hydroxylation sites is 1. The van der Waals surface area contributed by atoms with Crippen LogP contribution in [0.5, 0.6) is 5.75 Å². The van der Waals surface area contributed by atoms with Crippen molar-refractivity contribution >= 4 is 5.78 Å². The summed E-state index contributed by atoms with van der Waals surface area (Å²) in [5, 5.41) is 0. The van der Waals surface area contributed by atoms with Crippen LogP contribution in [-0.4, -0.2) is 12.4 Å². The van der Waals surface area contributed by atoms with E-state index in [-0.39, 0.29) is 0 Å². The number of unbranched alkanes of at least 4 members (excludes halogenated alkanes) is 6. The van der Waals surface area contributed by atoms with Gasteiger partial charge in [0.25, 0.3) is 0 Å². The van der Waals surface area contributed by atoms with Gasteiger partial charge < -0.3 is 4.74 Å². The number of benzene rings is 1. The lowest BCUT2D eigenvalue weighted by Gasteiger charge is -2.05. The van der Waals surface area contributed by atoms with Gasteiger partial charge in [0.05, 0.1) is 6.61 Å².